The van der Waals surface area contributed by atoms with Crippen LogP contribution in [0.2, 0.25) is 0 Å². The van der Waals surface area contributed by atoms with Crippen LogP contribution in [0.4, 0.5) is 5.82 Å². The van der Waals surface area contributed by atoms with Crippen molar-refractivity contribution in [1.82, 2.24) is 4.98 Å². The van der Waals surface area contributed by atoms with E-state index >= 15 is 0 Å². The van der Waals surface area contributed by atoms with Crippen molar-refractivity contribution < 1.29 is 0 Å². The third-order valence-electron chi connectivity index (χ3n) is 2.16. The summed E-state index contributed by atoms with van der Waals surface area (Å²) in [4.78, 5) is 3.96. The molecule has 0 aliphatic heterocycles. The van der Waals surface area contributed by atoms with Crippen LogP contribution in [0.3, 0.4) is 0 Å². The minimum Gasteiger partial charge on any atom is -0.384 e. The first-order valence-corrected chi connectivity index (χ1v) is 5.36. The van der Waals surface area contributed by atoms with Crippen LogP contribution in [0.15, 0.2) is 18.3 Å². The van der Waals surface area contributed by atoms with Crippen molar-refractivity contribution in [2.24, 2.45) is 5.92 Å². The molecule has 0 aliphatic rings. The Morgan fingerprint density at radius 1 is 1.50 bits per heavy atom. The number of alkyl halides is 1. The predicted octanol–water partition coefficient (Wildman–Crippen LogP) is 2.86. The van der Waals surface area contributed by atoms with Crippen LogP contribution >= 0.6 is 11.6 Å². The lowest BCUT2D eigenvalue weighted by Crippen LogP contribution is -2.06. The Labute approximate surface area is 90.5 Å². The minimum absolute atomic E-state index is 0.240. The molecule has 3 heteroatoms. The monoisotopic (exact) mass is 212 g/mol. The first-order valence-electron chi connectivity index (χ1n) is 4.92. The van der Waals surface area contributed by atoms with E-state index in [9.17, 15) is 0 Å². The van der Waals surface area contributed by atoms with Gasteiger partial charge in [-0.3, -0.25) is 0 Å². The summed E-state index contributed by atoms with van der Waals surface area (Å²) in [6.45, 7) is 4.23. The van der Waals surface area contributed by atoms with Crippen LogP contribution < -0.4 is 5.73 Å². The number of hydrogen-bond acceptors (Lipinski definition) is 2. The summed E-state index contributed by atoms with van der Waals surface area (Å²) in [5.41, 5.74) is 6.84. The average Bonchev–Trinajstić information content (AvgIpc) is 2.01. The van der Waals surface area contributed by atoms with Gasteiger partial charge >= 0.3 is 0 Å². The van der Waals surface area contributed by atoms with Crippen LogP contribution in [-0.2, 0) is 6.42 Å². The van der Waals surface area contributed by atoms with E-state index in [4.69, 9.17) is 17.3 Å². The van der Waals surface area contributed by atoms with E-state index in [0.717, 1.165) is 12.8 Å². The van der Waals surface area contributed by atoms with Gasteiger partial charge in [0.1, 0.15) is 5.82 Å². The average molecular weight is 213 g/mol. The Balaban J connectivity index is 2.51. The van der Waals surface area contributed by atoms with Gasteiger partial charge in [0, 0.05) is 11.6 Å². The van der Waals surface area contributed by atoms with Crippen molar-refractivity contribution in [3.63, 3.8) is 0 Å². The SMILES string of the molecule is CC(Cl)CC(C)Cc1ccnc(N)c1. The number of aromatic nitrogens is 1. The van der Waals surface area contributed by atoms with Crippen LogP contribution in [0.5, 0.6) is 0 Å². The molecule has 1 aromatic rings. The predicted molar refractivity (Wildman–Crippen MR) is 61.4 cm³/mol. The highest BCUT2D eigenvalue weighted by Crippen LogP contribution is 2.16. The van der Waals surface area contributed by atoms with Crippen molar-refractivity contribution in [3.8, 4) is 0 Å². The van der Waals surface area contributed by atoms with Crippen LogP contribution in [0.25, 0.3) is 0 Å². The molecule has 2 unspecified atom stereocenters. The molecule has 0 aromatic carbocycles. The number of anilines is 1. The fourth-order valence-corrected chi connectivity index (χ4v) is 1.97. The Morgan fingerprint density at radius 2 is 2.21 bits per heavy atom. The second-order valence-electron chi connectivity index (χ2n) is 3.91. The van der Waals surface area contributed by atoms with Gasteiger partial charge < -0.3 is 5.73 Å². The lowest BCUT2D eigenvalue weighted by atomic mass is 9.97. The summed E-state index contributed by atoms with van der Waals surface area (Å²) in [7, 11) is 0. The number of rotatable bonds is 4. The van der Waals surface area contributed by atoms with E-state index in [2.05, 4.69) is 11.9 Å². The van der Waals surface area contributed by atoms with Gasteiger partial charge in [0.25, 0.3) is 0 Å². The summed E-state index contributed by atoms with van der Waals surface area (Å²) in [6.07, 6.45) is 3.80. The molecule has 0 radical (unpaired) electrons. The van der Waals surface area contributed by atoms with Gasteiger partial charge in [-0.25, -0.2) is 4.98 Å². The second-order valence-corrected chi connectivity index (χ2v) is 4.66. The third kappa shape index (κ3) is 3.97. The molecule has 2 atom stereocenters. The molecule has 2 nitrogen and oxygen atoms in total. The second kappa shape index (κ2) is 5.20. The Kier molecular flexibility index (Phi) is 4.21. The van der Waals surface area contributed by atoms with E-state index in [1.54, 1.807) is 6.20 Å². The van der Waals surface area contributed by atoms with Gasteiger partial charge in [-0.1, -0.05) is 6.92 Å². The van der Waals surface area contributed by atoms with Gasteiger partial charge in [-0.2, -0.15) is 0 Å². The van der Waals surface area contributed by atoms with E-state index in [1.165, 1.54) is 5.56 Å². The molecule has 0 spiro atoms. The quantitative estimate of drug-likeness (QED) is 0.780. The summed E-state index contributed by atoms with van der Waals surface area (Å²) >= 11 is 5.93. The van der Waals surface area contributed by atoms with E-state index in [0.29, 0.717) is 11.7 Å². The topological polar surface area (TPSA) is 38.9 Å². The molecule has 0 fully saturated rings. The fraction of sp³-hybridized carbons (Fsp3) is 0.545. The van der Waals surface area contributed by atoms with Crippen molar-refractivity contribution in [2.45, 2.75) is 32.1 Å². The fourth-order valence-electron chi connectivity index (χ4n) is 1.66. The third-order valence-corrected chi connectivity index (χ3v) is 2.33. The van der Waals surface area contributed by atoms with Crippen molar-refractivity contribution in [2.75, 3.05) is 5.73 Å². The summed E-state index contributed by atoms with van der Waals surface area (Å²) in [5, 5.41) is 0.240. The molecule has 14 heavy (non-hydrogen) atoms. The van der Waals surface area contributed by atoms with Crippen LogP contribution in [0, 0.1) is 5.92 Å². The summed E-state index contributed by atoms with van der Waals surface area (Å²) in [6, 6.07) is 3.93. The van der Waals surface area contributed by atoms with E-state index in [1.807, 2.05) is 19.1 Å². The maximum atomic E-state index is 5.93. The summed E-state index contributed by atoms with van der Waals surface area (Å²) in [5.74, 6) is 1.18. The molecule has 1 aromatic heterocycles. The van der Waals surface area contributed by atoms with Crippen molar-refractivity contribution >= 4 is 17.4 Å². The normalized spacial score (nSPS) is 15.1. The summed E-state index contributed by atoms with van der Waals surface area (Å²) < 4.78 is 0. The zero-order valence-corrected chi connectivity index (χ0v) is 9.46. The number of nitrogens with two attached hydrogens (primary N) is 1. The Bertz CT molecular complexity index is 286. The van der Waals surface area contributed by atoms with Crippen molar-refractivity contribution in [3.05, 3.63) is 23.9 Å². The highest BCUT2D eigenvalue weighted by atomic mass is 35.5. The Hall–Kier alpha value is -0.760. The van der Waals surface area contributed by atoms with Crippen LogP contribution in [-0.4, -0.2) is 10.4 Å². The molecule has 2 N–H and O–H groups in total. The largest absolute Gasteiger partial charge is 0.384 e. The van der Waals surface area contributed by atoms with Gasteiger partial charge in [0.2, 0.25) is 0 Å². The number of halogens is 1. The van der Waals surface area contributed by atoms with Gasteiger partial charge in [0.05, 0.1) is 0 Å². The maximum Gasteiger partial charge on any atom is 0.123 e. The molecule has 78 valence electrons. The first-order chi connectivity index (χ1) is 6.58. The lowest BCUT2D eigenvalue weighted by Gasteiger charge is -2.12. The molecule has 0 aliphatic carbocycles. The molecule has 0 amide bonds. The maximum absolute atomic E-state index is 5.93. The van der Waals surface area contributed by atoms with Crippen LogP contribution in [0.1, 0.15) is 25.8 Å². The van der Waals surface area contributed by atoms with E-state index in [-0.39, 0.29) is 5.38 Å². The van der Waals surface area contributed by atoms with Crippen molar-refractivity contribution in [1.29, 1.82) is 0 Å². The lowest BCUT2D eigenvalue weighted by molar-refractivity contribution is 0.526. The van der Waals surface area contributed by atoms with Gasteiger partial charge in [-0.05, 0) is 43.4 Å². The Morgan fingerprint density at radius 3 is 2.79 bits per heavy atom. The molecule has 1 rings (SSSR count). The van der Waals surface area contributed by atoms with E-state index < -0.39 is 0 Å². The number of pyridine rings is 1. The minimum atomic E-state index is 0.240. The number of hydrogen-bond donors (Lipinski definition) is 1. The molecular formula is C11H17ClN2. The molecule has 0 saturated heterocycles. The smallest absolute Gasteiger partial charge is 0.123 e. The highest BCUT2D eigenvalue weighted by molar-refractivity contribution is 6.20. The highest BCUT2D eigenvalue weighted by Gasteiger charge is 2.07. The zero-order chi connectivity index (χ0) is 10.6. The molecule has 0 bridgehead atoms. The number of nitrogen functional groups attached to an aromatic ring is 1. The molecule has 1 heterocycles. The molecular weight excluding hydrogens is 196 g/mol. The first kappa shape index (κ1) is 11.3. The van der Waals surface area contributed by atoms with Gasteiger partial charge in [0.15, 0.2) is 0 Å². The van der Waals surface area contributed by atoms with Gasteiger partial charge in [-0.15, -0.1) is 11.6 Å². The zero-order valence-electron chi connectivity index (χ0n) is 8.70. The number of nitrogens with zero attached hydrogens (tertiary/aromatic N) is 1. The standard InChI is InChI=1S/C11H17ClN2/c1-8(5-9(2)12)6-10-3-4-14-11(13)7-10/h3-4,7-9H,5-6H2,1-2H3,(H2,13,14). The molecule has 0 saturated carbocycles.